The Balaban J connectivity index is 1.40. The predicted octanol–water partition coefficient (Wildman–Crippen LogP) is 3.75. The number of aromatic nitrogens is 3. The van der Waals surface area contributed by atoms with Crippen LogP contribution < -0.4 is 10.2 Å². The number of piperidine rings is 1. The maximum atomic E-state index is 14.4. The molecule has 4 heterocycles. The highest BCUT2D eigenvalue weighted by Gasteiger charge is 2.61. The molecule has 3 atom stereocenters. The van der Waals surface area contributed by atoms with Crippen molar-refractivity contribution in [2.45, 2.75) is 49.7 Å². The fourth-order valence-electron chi connectivity index (χ4n) is 4.83. The van der Waals surface area contributed by atoms with Gasteiger partial charge in [0.05, 0.1) is 23.6 Å². The molecule has 2 aliphatic heterocycles. The molecule has 2 bridgehead atoms. The number of alkyl halides is 2. The molecule has 2 aromatic heterocycles. The third-order valence-corrected chi connectivity index (χ3v) is 6.61. The average Bonchev–Trinajstić information content (AvgIpc) is 2.88. The lowest BCUT2D eigenvalue weighted by molar-refractivity contribution is -0.0569. The van der Waals surface area contributed by atoms with Crippen molar-refractivity contribution in [3.63, 3.8) is 0 Å². The highest BCUT2D eigenvalue weighted by molar-refractivity contribution is 5.89. The maximum Gasteiger partial charge on any atom is 0.267 e. The van der Waals surface area contributed by atoms with Crippen LogP contribution >= 0.6 is 0 Å². The second-order valence-electron chi connectivity index (χ2n) is 8.64. The topological polar surface area (TPSA) is 74.2 Å². The lowest BCUT2D eigenvalue weighted by atomic mass is 9.86. The van der Waals surface area contributed by atoms with E-state index in [4.69, 9.17) is 0 Å². The van der Waals surface area contributed by atoms with Gasteiger partial charge in [-0.2, -0.15) is 0 Å². The van der Waals surface area contributed by atoms with Gasteiger partial charge in [0.2, 0.25) is 0 Å². The first-order valence-electron chi connectivity index (χ1n) is 10.0. The number of nitrogens with zero attached hydrogens (tertiary/aromatic N) is 4. The largest absolute Gasteiger partial charge is 0.507 e. The number of benzene rings is 1. The van der Waals surface area contributed by atoms with Crippen LogP contribution in [0.15, 0.2) is 43.0 Å². The molecule has 2 N–H and O–H groups in total. The van der Waals surface area contributed by atoms with E-state index in [2.05, 4.69) is 20.3 Å². The molecule has 6 nitrogen and oxygen atoms in total. The van der Waals surface area contributed by atoms with E-state index in [0.29, 0.717) is 29.9 Å². The standard InChI is InChI=1S/C22H23F2N5O/c1-21-9-16(7-15(28-21)8-22(21,23)24)29(2)20-12-26-18(11-27-20)17-5-13-3-4-25-10-14(13)6-19(17)30/h3-6,10-12,15-16,28,30H,7-9H2,1-2H3/t15?,16-,21-/m1/s1. The summed E-state index contributed by atoms with van der Waals surface area (Å²) >= 11 is 0. The number of hydrogen-bond acceptors (Lipinski definition) is 6. The molecule has 0 aliphatic carbocycles. The van der Waals surface area contributed by atoms with Crippen molar-refractivity contribution in [3.8, 4) is 17.0 Å². The number of phenolic OH excluding ortho intramolecular Hbond substituents is 1. The molecule has 30 heavy (non-hydrogen) atoms. The van der Waals surface area contributed by atoms with E-state index in [9.17, 15) is 13.9 Å². The van der Waals surface area contributed by atoms with Crippen LogP contribution in [0.1, 0.15) is 26.2 Å². The summed E-state index contributed by atoms with van der Waals surface area (Å²) < 4.78 is 28.8. The van der Waals surface area contributed by atoms with E-state index in [1.54, 1.807) is 37.8 Å². The Morgan fingerprint density at radius 3 is 2.70 bits per heavy atom. The number of nitrogens with one attached hydrogen (secondary N) is 1. The van der Waals surface area contributed by atoms with Crippen LogP contribution in [0.2, 0.25) is 0 Å². The average molecular weight is 411 g/mol. The van der Waals surface area contributed by atoms with Crippen LogP contribution in [0.4, 0.5) is 14.6 Å². The van der Waals surface area contributed by atoms with Crippen molar-refractivity contribution in [1.29, 1.82) is 0 Å². The van der Waals surface area contributed by atoms with Gasteiger partial charge in [-0.25, -0.2) is 13.8 Å². The zero-order valence-corrected chi connectivity index (χ0v) is 16.8. The quantitative estimate of drug-likeness (QED) is 0.684. The zero-order chi connectivity index (χ0) is 21.1. The fourth-order valence-corrected chi connectivity index (χ4v) is 4.83. The van der Waals surface area contributed by atoms with Gasteiger partial charge in [0.15, 0.2) is 0 Å². The van der Waals surface area contributed by atoms with Crippen molar-refractivity contribution >= 4 is 16.6 Å². The second kappa shape index (κ2) is 6.57. The SMILES string of the molecule is CN(c1cnc(-c2cc3ccncc3cc2O)cn1)[C@@H]1CC2CC(F)(F)[C@@](C)(C1)N2. The van der Waals surface area contributed by atoms with Crippen LogP contribution in [0, 0.1) is 0 Å². The smallest absolute Gasteiger partial charge is 0.267 e. The van der Waals surface area contributed by atoms with Gasteiger partial charge < -0.3 is 15.3 Å². The maximum absolute atomic E-state index is 14.4. The number of fused-ring (bicyclic) bond motifs is 3. The first-order chi connectivity index (χ1) is 14.3. The van der Waals surface area contributed by atoms with Gasteiger partial charge in [0.1, 0.15) is 11.6 Å². The van der Waals surface area contributed by atoms with Crippen LogP contribution in [-0.4, -0.2) is 50.7 Å². The number of rotatable bonds is 3. The monoisotopic (exact) mass is 411 g/mol. The summed E-state index contributed by atoms with van der Waals surface area (Å²) in [4.78, 5) is 15.0. The van der Waals surface area contributed by atoms with Crippen LogP contribution in [-0.2, 0) is 0 Å². The summed E-state index contributed by atoms with van der Waals surface area (Å²) in [6.07, 6.45) is 7.51. The normalized spacial score (nSPS) is 27.3. The van der Waals surface area contributed by atoms with E-state index in [-0.39, 0.29) is 24.3 Å². The van der Waals surface area contributed by atoms with Gasteiger partial charge in [-0.05, 0) is 43.4 Å². The third kappa shape index (κ3) is 2.98. The van der Waals surface area contributed by atoms with Crippen molar-refractivity contribution in [2.75, 3.05) is 11.9 Å². The summed E-state index contributed by atoms with van der Waals surface area (Å²) in [5.74, 6) is -1.97. The number of halogens is 2. The first-order valence-corrected chi connectivity index (χ1v) is 10.0. The van der Waals surface area contributed by atoms with E-state index < -0.39 is 11.5 Å². The van der Waals surface area contributed by atoms with E-state index in [1.165, 1.54) is 0 Å². The summed E-state index contributed by atoms with van der Waals surface area (Å²) in [7, 11) is 1.88. The Morgan fingerprint density at radius 1 is 1.13 bits per heavy atom. The lowest BCUT2D eigenvalue weighted by Gasteiger charge is -2.42. The third-order valence-electron chi connectivity index (χ3n) is 6.61. The zero-order valence-electron chi connectivity index (χ0n) is 16.8. The minimum Gasteiger partial charge on any atom is -0.507 e. The number of aromatic hydroxyl groups is 1. The summed E-state index contributed by atoms with van der Waals surface area (Å²) in [6, 6.07) is 5.15. The minimum absolute atomic E-state index is 0.0450. The van der Waals surface area contributed by atoms with Crippen molar-refractivity contribution in [3.05, 3.63) is 43.0 Å². The van der Waals surface area contributed by atoms with E-state index >= 15 is 0 Å². The minimum atomic E-state index is -2.70. The van der Waals surface area contributed by atoms with E-state index in [0.717, 1.165) is 10.8 Å². The van der Waals surface area contributed by atoms with Gasteiger partial charge in [-0.15, -0.1) is 0 Å². The van der Waals surface area contributed by atoms with Crippen LogP contribution in [0.25, 0.3) is 22.0 Å². The Morgan fingerprint density at radius 2 is 1.97 bits per heavy atom. The molecule has 156 valence electrons. The molecule has 0 spiro atoms. The molecular formula is C22H23F2N5O. The van der Waals surface area contributed by atoms with Gasteiger partial charge >= 0.3 is 0 Å². The summed E-state index contributed by atoms with van der Waals surface area (Å²) in [5, 5.41) is 15.3. The summed E-state index contributed by atoms with van der Waals surface area (Å²) in [6.45, 7) is 1.61. The molecule has 2 fully saturated rings. The number of anilines is 1. The van der Waals surface area contributed by atoms with Crippen molar-refractivity contribution in [2.24, 2.45) is 0 Å². The van der Waals surface area contributed by atoms with Gasteiger partial charge in [-0.1, -0.05) is 0 Å². The molecule has 5 rings (SSSR count). The highest BCUT2D eigenvalue weighted by atomic mass is 19.3. The molecule has 0 radical (unpaired) electrons. The highest BCUT2D eigenvalue weighted by Crippen LogP contribution is 2.47. The van der Waals surface area contributed by atoms with Gasteiger partial charge in [-0.3, -0.25) is 9.97 Å². The summed E-state index contributed by atoms with van der Waals surface area (Å²) in [5.41, 5.74) is -0.0526. The number of pyridine rings is 1. The van der Waals surface area contributed by atoms with Crippen LogP contribution in [0.5, 0.6) is 5.75 Å². The molecule has 0 amide bonds. The van der Waals surface area contributed by atoms with Crippen molar-refractivity contribution < 1.29 is 13.9 Å². The fraction of sp³-hybridized carbons (Fsp3) is 0.409. The predicted molar refractivity (Wildman–Crippen MR) is 111 cm³/mol. The molecule has 1 aromatic carbocycles. The Hall–Kier alpha value is -2.87. The van der Waals surface area contributed by atoms with Crippen molar-refractivity contribution in [1.82, 2.24) is 20.3 Å². The van der Waals surface area contributed by atoms with Gasteiger partial charge in [0.25, 0.3) is 5.92 Å². The molecular weight excluding hydrogens is 388 g/mol. The lowest BCUT2D eigenvalue weighted by Crippen LogP contribution is -2.58. The molecule has 2 saturated heterocycles. The Bertz CT molecular complexity index is 1100. The van der Waals surface area contributed by atoms with Gasteiger partial charge in [0, 0.05) is 48.9 Å². The molecule has 0 saturated carbocycles. The Kier molecular flexibility index (Phi) is 4.18. The molecule has 3 aromatic rings. The Labute approximate surface area is 173 Å². The number of phenols is 1. The molecule has 2 aliphatic rings. The first kappa shape index (κ1) is 19.1. The van der Waals surface area contributed by atoms with Crippen LogP contribution in [0.3, 0.4) is 0 Å². The number of hydrogen-bond donors (Lipinski definition) is 2. The second-order valence-corrected chi connectivity index (χ2v) is 8.64. The van der Waals surface area contributed by atoms with E-state index in [1.807, 2.05) is 24.1 Å². The molecule has 8 heteroatoms. The molecule has 1 unspecified atom stereocenters.